The molecule has 0 aliphatic heterocycles. The lowest BCUT2D eigenvalue weighted by atomic mass is 9.84. The molecule has 0 spiro atoms. The first kappa shape index (κ1) is 31.6. The minimum absolute atomic E-state index is 0.0222. The van der Waals surface area contributed by atoms with E-state index >= 15 is 0 Å². The monoisotopic (exact) mass is 544 g/mol. The summed E-state index contributed by atoms with van der Waals surface area (Å²) >= 11 is 0. The van der Waals surface area contributed by atoms with E-state index in [9.17, 15) is 14.4 Å². The van der Waals surface area contributed by atoms with Crippen molar-refractivity contribution in [2.75, 3.05) is 20.5 Å². The van der Waals surface area contributed by atoms with Crippen molar-refractivity contribution in [2.45, 2.75) is 72.1 Å². The molecule has 0 fully saturated rings. The molecule has 10 heteroatoms. The number of hydrogen-bond donors (Lipinski definition) is 1. The largest absolute Gasteiger partial charge is 0.493 e. The van der Waals surface area contributed by atoms with Gasteiger partial charge in [0.1, 0.15) is 17.6 Å². The first-order valence-corrected chi connectivity index (χ1v) is 12.9. The van der Waals surface area contributed by atoms with Gasteiger partial charge in [-0.2, -0.15) is 0 Å². The van der Waals surface area contributed by atoms with Crippen LogP contribution in [0.4, 0.5) is 0 Å². The van der Waals surface area contributed by atoms with E-state index in [1.807, 2.05) is 45.0 Å². The fraction of sp³-hybridized carbons (Fsp3) is 0.517. The molecule has 3 atom stereocenters. The number of esters is 1. The third kappa shape index (κ3) is 9.24. The summed E-state index contributed by atoms with van der Waals surface area (Å²) in [6, 6.07) is 9.42. The summed E-state index contributed by atoms with van der Waals surface area (Å²) in [6.45, 7) is 12.4. The zero-order chi connectivity index (χ0) is 29.2. The highest BCUT2D eigenvalue weighted by Crippen LogP contribution is 2.32. The molecule has 1 N–H and O–H groups in total. The molecule has 0 unspecified atom stereocenters. The molecule has 2 rings (SSSR count). The zero-order valence-electron chi connectivity index (χ0n) is 24.0. The van der Waals surface area contributed by atoms with Crippen LogP contribution in [-0.4, -0.2) is 61.4 Å². The van der Waals surface area contributed by atoms with Gasteiger partial charge in [0, 0.05) is 25.1 Å². The Morgan fingerprint density at radius 1 is 1.08 bits per heavy atom. The van der Waals surface area contributed by atoms with E-state index in [1.54, 1.807) is 6.92 Å². The first-order valence-electron chi connectivity index (χ1n) is 12.9. The smallest absolute Gasteiger partial charge is 0.305 e. The maximum absolute atomic E-state index is 13.2. The summed E-state index contributed by atoms with van der Waals surface area (Å²) in [5.74, 6) is 0.0267. The number of hydrogen-bond acceptors (Lipinski definition) is 9. The quantitative estimate of drug-likeness (QED) is 0.198. The number of pyridine rings is 1. The second kappa shape index (κ2) is 14.5. The van der Waals surface area contributed by atoms with Crippen LogP contribution in [0.15, 0.2) is 36.5 Å². The fourth-order valence-electron chi connectivity index (χ4n) is 4.13. The van der Waals surface area contributed by atoms with Crippen LogP contribution in [0.25, 0.3) is 0 Å². The van der Waals surface area contributed by atoms with E-state index in [2.05, 4.69) is 24.1 Å². The van der Waals surface area contributed by atoms with Crippen LogP contribution < -0.4 is 19.5 Å². The molecule has 1 amide bonds. The summed E-state index contributed by atoms with van der Waals surface area (Å²) in [7, 11) is 1.40. The van der Waals surface area contributed by atoms with E-state index in [0.717, 1.165) is 11.3 Å². The molecule has 0 aliphatic rings. The molecular formula is C29H40N2O8. The van der Waals surface area contributed by atoms with Gasteiger partial charge in [-0.15, -0.1) is 0 Å². The van der Waals surface area contributed by atoms with Gasteiger partial charge in [-0.1, -0.05) is 26.0 Å². The number of carbonyl (C=O) groups excluding carboxylic acids is 3. The van der Waals surface area contributed by atoms with E-state index in [1.165, 1.54) is 26.3 Å². The predicted octanol–water partition coefficient (Wildman–Crippen LogP) is 4.31. The van der Waals surface area contributed by atoms with Crippen LogP contribution in [0, 0.1) is 5.92 Å². The SMILES string of the molecule is COc1ccnc(C(=O)N[C@@](C)(C=O)CO[C@@H](C)[C@H](c2ccc(OC(C)C)cc2)C(C)C)c1OCOC(C)=O. The van der Waals surface area contributed by atoms with Crippen LogP contribution in [-0.2, 0) is 19.1 Å². The molecule has 1 heterocycles. The fourth-order valence-corrected chi connectivity index (χ4v) is 4.13. The molecular weight excluding hydrogens is 504 g/mol. The summed E-state index contributed by atoms with van der Waals surface area (Å²) < 4.78 is 27.4. The number of amides is 1. The van der Waals surface area contributed by atoms with Crippen molar-refractivity contribution < 1.29 is 38.1 Å². The molecule has 2 aromatic rings. The van der Waals surface area contributed by atoms with Gasteiger partial charge in [0.2, 0.25) is 6.79 Å². The van der Waals surface area contributed by atoms with Gasteiger partial charge in [0.25, 0.3) is 5.91 Å². The Hall–Kier alpha value is -3.66. The molecule has 0 bridgehead atoms. The Labute approximate surface area is 230 Å². The number of nitrogens with one attached hydrogen (secondary N) is 1. The number of benzene rings is 1. The summed E-state index contributed by atoms with van der Waals surface area (Å²) in [6.07, 6.45) is 1.81. The van der Waals surface area contributed by atoms with Crippen LogP contribution >= 0.6 is 0 Å². The van der Waals surface area contributed by atoms with Gasteiger partial charge in [-0.05, 0) is 51.3 Å². The van der Waals surface area contributed by atoms with Crippen LogP contribution in [0.2, 0.25) is 0 Å². The van der Waals surface area contributed by atoms with E-state index in [-0.39, 0.29) is 47.8 Å². The number of aldehydes is 1. The molecule has 10 nitrogen and oxygen atoms in total. The topological polar surface area (TPSA) is 122 Å². The third-order valence-corrected chi connectivity index (χ3v) is 5.93. The van der Waals surface area contributed by atoms with Gasteiger partial charge in [-0.3, -0.25) is 9.59 Å². The van der Waals surface area contributed by atoms with Crippen molar-refractivity contribution in [1.29, 1.82) is 0 Å². The van der Waals surface area contributed by atoms with Crippen molar-refractivity contribution in [2.24, 2.45) is 5.92 Å². The molecule has 1 aromatic carbocycles. The first-order chi connectivity index (χ1) is 18.4. The molecule has 0 radical (unpaired) electrons. The highest BCUT2D eigenvalue weighted by atomic mass is 16.7. The van der Waals surface area contributed by atoms with Crippen LogP contribution in [0.1, 0.15) is 70.4 Å². The van der Waals surface area contributed by atoms with Gasteiger partial charge in [0.05, 0.1) is 25.9 Å². The standard InChI is InChI=1S/C29H40N2O8/c1-18(2)25(22-9-11-23(12-10-22)39-19(3)4)20(5)36-16-29(7,15-32)31-28(34)26-27(38-17-37-21(6)33)24(35-8)13-14-30-26/h9-15,18-20,25H,16-17H2,1-8H3,(H,31,34)/t20-,25+,29-/m0/s1. The van der Waals surface area contributed by atoms with Crippen LogP contribution in [0.3, 0.4) is 0 Å². The van der Waals surface area contributed by atoms with Crippen LogP contribution in [0.5, 0.6) is 17.2 Å². The third-order valence-electron chi connectivity index (χ3n) is 5.93. The van der Waals surface area contributed by atoms with Crippen molar-refractivity contribution in [3.05, 3.63) is 47.8 Å². The Morgan fingerprint density at radius 2 is 1.74 bits per heavy atom. The maximum Gasteiger partial charge on any atom is 0.305 e. The van der Waals surface area contributed by atoms with Gasteiger partial charge in [0.15, 0.2) is 17.2 Å². The van der Waals surface area contributed by atoms with Crippen molar-refractivity contribution in [3.63, 3.8) is 0 Å². The number of methoxy groups -OCH3 is 1. The summed E-state index contributed by atoms with van der Waals surface area (Å²) in [5.41, 5.74) is -0.410. The highest BCUT2D eigenvalue weighted by molar-refractivity contribution is 5.97. The maximum atomic E-state index is 13.2. The van der Waals surface area contributed by atoms with Crippen molar-refractivity contribution in [1.82, 2.24) is 10.3 Å². The molecule has 0 saturated heterocycles. The lowest BCUT2D eigenvalue weighted by Gasteiger charge is -2.32. The number of ether oxygens (including phenoxy) is 5. The van der Waals surface area contributed by atoms with E-state index in [0.29, 0.717) is 6.29 Å². The van der Waals surface area contributed by atoms with Gasteiger partial charge in [-0.25, -0.2) is 4.98 Å². The molecule has 214 valence electrons. The Balaban J connectivity index is 2.16. The number of aromatic nitrogens is 1. The van der Waals surface area contributed by atoms with Gasteiger partial charge < -0.3 is 33.8 Å². The second-order valence-corrected chi connectivity index (χ2v) is 10.1. The molecule has 0 aliphatic carbocycles. The Kier molecular flexibility index (Phi) is 11.7. The number of nitrogens with zero attached hydrogens (tertiary/aromatic N) is 1. The molecule has 0 saturated carbocycles. The second-order valence-electron chi connectivity index (χ2n) is 10.1. The summed E-state index contributed by atoms with van der Waals surface area (Å²) in [5, 5.41) is 2.68. The lowest BCUT2D eigenvalue weighted by molar-refractivity contribution is -0.147. The number of rotatable bonds is 15. The summed E-state index contributed by atoms with van der Waals surface area (Å²) in [4.78, 5) is 40.5. The Bertz CT molecular complexity index is 1100. The molecule has 39 heavy (non-hydrogen) atoms. The van der Waals surface area contributed by atoms with Gasteiger partial charge >= 0.3 is 5.97 Å². The number of carbonyl (C=O) groups is 3. The predicted molar refractivity (Wildman–Crippen MR) is 145 cm³/mol. The minimum Gasteiger partial charge on any atom is -0.493 e. The average molecular weight is 545 g/mol. The van der Waals surface area contributed by atoms with Crippen molar-refractivity contribution >= 4 is 18.2 Å². The Morgan fingerprint density at radius 3 is 2.28 bits per heavy atom. The average Bonchev–Trinajstić information content (AvgIpc) is 2.88. The lowest BCUT2D eigenvalue weighted by Crippen LogP contribution is -2.52. The highest BCUT2D eigenvalue weighted by Gasteiger charge is 2.32. The minimum atomic E-state index is -1.36. The van der Waals surface area contributed by atoms with Crippen molar-refractivity contribution in [3.8, 4) is 17.2 Å². The van der Waals surface area contributed by atoms with E-state index in [4.69, 9.17) is 23.7 Å². The zero-order valence-corrected chi connectivity index (χ0v) is 24.0. The normalized spacial score (nSPS) is 14.2. The van der Waals surface area contributed by atoms with E-state index < -0.39 is 24.2 Å². The molecule has 1 aromatic heterocycles.